The second-order valence-electron chi connectivity index (χ2n) is 4.15. The van der Waals surface area contributed by atoms with E-state index in [1.807, 2.05) is 19.2 Å². The third-order valence-electron chi connectivity index (χ3n) is 2.49. The molecule has 1 aromatic rings. The van der Waals surface area contributed by atoms with Crippen LogP contribution in [-0.4, -0.2) is 30.9 Å². The molecule has 0 aliphatic rings. The van der Waals surface area contributed by atoms with Crippen molar-refractivity contribution in [1.82, 2.24) is 9.88 Å². The van der Waals surface area contributed by atoms with Gasteiger partial charge in [-0.15, -0.1) is 0 Å². The van der Waals surface area contributed by atoms with Crippen LogP contribution in [0.15, 0.2) is 21.5 Å². The predicted molar refractivity (Wildman–Crippen MR) is 72.5 cm³/mol. The fourth-order valence-corrected chi connectivity index (χ4v) is 2.24. The van der Waals surface area contributed by atoms with E-state index in [-0.39, 0.29) is 5.56 Å². The zero-order chi connectivity index (χ0) is 12.8. The van der Waals surface area contributed by atoms with Gasteiger partial charge in [0.05, 0.1) is 6.61 Å². The van der Waals surface area contributed by atoms with Crippen LogP contribution in [0.3, 0.4) is 0 Å². The molecule has 96 valence electrons. The van der Waals surface area contributed by atoms with Crippen molar-refractivity contribution < 1.29 is 4.74 Å². The van der Waals surface area contributed by atoms with Crippen molar-refractivity contribution >= 4 is 15.9 Å². The number of hydrogen-bond donors (Lipinski definition) is 1. The fourth-order valence-electron chi connectivity index (χ4n) is 1.65. The lowest BCUT2D eigenvalue weighted by atomic mass is 10.3. The highest BCUT2D eigenvalue weighted by Crippen LogP contribution is 2.07. The highest BCUT2D eigenvalue weighted by atomic mass is 79.9. The van der Waals surface area contributed by atoms with E-state index in [4.69, 9.17) is 4.74 Å². The van der Waals surface area contributed by atoms with Gasteiger partial charge in [-0.2, -0.15) is 0 Å². The SMILES string of the molecule is COCC(C)NCCn1cc(Br)cc(C)c1=O. The number of pyridine rings is 1. The maximum Gasteiger partial charge on any atom is 0.253 e. The summed E-state index contributed by atoms with van der Waals surface area (Å²) in [5.74, 6) is 0. The summed E-state index contributed by atoms with van der Waals surface area (Å²) in [5.41, 5.74) is 0.818. The quantitative estimate of drug-likeness (QED) is 0.867. The van der Waals surface area contributed by atoms with E-state index in [2.05, 4.69) is 28.2 Å². The highest BCUT2D eigenvalue weighted by molar-refractivity contribution is 9.10. The normalized spacial score (nSPS) is 12.7. The van der Waals surface area contributed by atoms with E-state index in [0.717, 1.165) is 16.6 Å². The molecule has 1 rings (SSSR count). The van der Waals surface area contributed by atoms with Crippen molar-refractivity contribution in [2.45, 2.75) is 26.4 Å². The van der Waals surface area contributed by atoms with Crippen molar-refractivity contribution in [2.75, 3.05) is 20.3 Å². The first kappa shape index (κ1) is 14.4. The summed E-state index contributed by atoms with van der Waals surface area (Å²) in [6.07, 6.45) is 1.82. The number of aromatic nitrogens is 1. The number of halogens is 1. The van der Waals surface area contributed by atoms with Gasteiger partial charge in [-0.1, -0.05) is 0 Å². The Bertz CT molecular complexity index is 417. The first-order chi connectivity index (χ1) is 8.04. The van der Waals surface area contributed by atoms with Gasteiger partial charge in [-0.05, 0) is 35.8 Å². The Balaban J connectivity index is 2.55. The molecule has 17 heavy (non-hydrogen) atoms. The second kappa shape index (κ2) is 6.93. The first-order valence-corrected chi connectivity index (χ1v) is 6.42. The Morgan fingerprint density at radius 2 is 2.29 bits per heavy atom. The van der Waals surface area contributed by atoms with E-state index in [1.54, 1.807) is 11.7 Å². The summed E-state index contributed by atoms with van der Waals surface area (Å²) in [6, 6.07) is 2.13. The number of nitrogens with zero attached hydrogens (tertiary/aromatic N) is 1. The summed E-state index contributed by atoms with van der Waals surface area (Å²) in [4.78, 5) is 11.8. The predicted octanol–water partition coefficient (Wildman–Crippen LogP) is 1.54. The first-order valence-electron chi connectivity index (χ1n) is 5.63. The minimum Gasteiger partial charge on any atom is -0.383 e. The van der Waals surface area contributed by atoms with E-state index in [1.165, 1.54) is 0 Å². The molecule has 4 nitrogen and oxygen atoms in total. The lowest BCUT2D eigenvalue weighted by Crippen LogP contribution is -2.35. The molecule has 0 bridgehead atoms. The van der Waals surface area contributed by atoms with Gasteiger partial charge in [0.1, 0.15) is 0 Å². The van der Waals surface area contributed by atoms with Crippen molar-refractivity contribution in [3.8, 4) is 0 Å². The van der Waals surface area contributed by atoms with Crippen LogP contribution in [-0.2, 0) is 11.3 Å². The average molecular weight is 303 g/mol. The molecule has 0 aromatic carbocycles. The number of nitrogens with one attached hydrogen (secondary N) is 1. The van der Waals surface area contributed by atoms with E-state index in [0.29, 0.717) is 19.2 Å². The van der Waals surface area contributed by atoms with Gasteiger partial charge >= 0.3 is 0 Å². The van der Waals surface area contributed by atoms with Crippen LogP contribution in [0.1, 0.15) is 12.5 Å². The van der Waals surface area contributed by atoms with Gasteiger partial charge in [0.15, 0.2) is 0 Å². The van der Waals surface area contributed by atoms with Crippen LogP contribution in [0.4, 0.5) is 0 Å². The van der Waals surface area contributed by atoms with Gasteiger partial charge < -0.3 is 14.6 Å². The molecular weight excluding hydrogens is 284 g/mol. The molecule has 1 N–H and O–H groups in total. The lowest BCUT2D eigenvalue weighted by Gasteiger charge is -2.13. The Morgan fingerprint density at radius 1 is 1.59 bits per heavy atom. The van der Waals surface area contributed by atoms with Crippen molar-refractivity contribution in [3.05, 3.63) is 32.7 Å². The molecule has 0 saturated heterocycles. The van der Waals surface area contributed by atoms with Crippen LogP contribution in [0.5, 0.6) is 0 Å². The van der Waals surface area contributed by atoms with Crippen molar-refractivity contribution in [2.24, 2.45) is 0 Å². The second-order valence-corrected chi connectivity index (χ2v) is 5.07. The number of aryl methyl sites for hydroxylation is 1. The third-order valence-corrected chi connectivity index (χ3v) is 2.93. The number of methoxy groups -OCH3 is 1. The largest absolute Gasteiger partial charge is 0.383 e. The smallest absolute Gasteiger partial charge is 0.253 e. The minimum atomic E-state index is 0.0643. The molecule has 0 amide bonds. The Labute approximate surface area is 110 Å². The molecular formula is C12H19BrN2O2. The van der Waals surface area contributed by atoms with E-state index >= 15 is 0 Å². The molecule has 1 aromatic heterocycles. The molecule has 0 aliphatic heterocycles. The monoisotopic (exact) mass is 302 g/mol. The Hall–Kier alpha value is -0.650. The van der Waals surface area contributed by atoms with Gasteiger partial charge in [0, 0.05) is 42.5 Å². The molecule has 0 radical (unpaired) electrons. The Morgan fingerprint density at radius 3 is 2.94 bits per heavy atom. The number of hydrogen-bond acceptors (Lipinski definition) is 3. The molecule has 1 unspecified atom stereocenters. The zero-order valence-electron chi connectivity index (χ0n) is 10.5. The molecule has 1 heterocycles. The van der Waals surface area contributed by atoms with Crippen LogP contribution < -0.4 is 10.9 Å². The van der Waals surface area contributed by atoms with Crippen LogP contribution >= 0.6 is 15.9 Å². The molecule has 0 saturated carbocycles. The summed E-state index contributed by atoms with van der Waals surface area (Å²) in [6.45, 7) is 5.96. The minimum absolute atomic E-state index is 0.0643. The number of ether oxygens (including phenoxy) is 1. The average Bonchev–Trinajstić information content (AvgIpc) is 2.25. The maximum absolute atomic E-state index is 11.8. The highest BCUT2D eigenvalue weighted by Gasteiger charge is 2.03. The lowest BCUT2D eigenvalue weighted by molar-refractivity contribution is 0.172. The zero-order valence-corrected chi connectivity index (χ0v) is 12.1. The van der Waals surface area contributed by atoms with Gasteiger partial charge in [-0.3, -0.25) is 4.79 Å². The van der Waals surface area contributed by atoms with Gasteiger partial charge in [-0.25, -0.2) is 0 Å². The van der Waals surface area contributed by atoms with Gasteiger partial charge in [0.25, 0.3) is 5.56 Å². The molecule has 0 fully saturated rings. The summed E-state index contributed by atoms with van der Waals surface area (Å²) >= 11 is 3.39. The summed E-state index contributed by atoms with van der Waals surface area (Å²) < 4.78 is 7.67. The van der Waals surface area contributed by atoms with E-state index in [9.17, 15) is 4.79 Å². The maximum atomic E-state index is 11.8. The van der Waals surface area contributed by atoms with E-state index < -0.39 is 0 Å². The Kier molecular flexibility index (Phi) is 5.88. The van der Waals surface area contributed by atoms with Crippen LogP contribution in [0.2, 0.25) is 0 Å². The summed E-state index contributed by atoms with van der Waals surface area (Å²) in [7, 11) is 1.68. The standard InChI is InChI=1S/C12H19BrN2O2/c1-9-6-11(13)7-15(12(9)16)5-4-14-10(2)8-17-3/h6-7,10,14H,4-5,8H2,1-3H3. The summed E-state index contributed by atoms with van der Waals surface area (Å²) in [5, 5.41) is 3.30. The van der Waals surface area contributed by atoms with Crippen molar-refractivity contribution in [1.29, 1.82) is 0 Å². The van der Waals surface area contributed by atoms with Crippen molar-refractivity contribution in [3.63, 3.8) is 0 Å². The number of rotatable bonds is 6. The van der Waals surface area contributed by atoms with Crippen LogP contribution in [0, 0.1) is 6.92 Å². The molecule has 0 aliphatic carbocycles. The third kappa shape index (κ3) is 4.61. The molecule has 1 atom stereocenters. The van der Waals surface area contributed by atoms with Crippen LogP contribution in [0.25, 0.3) is 0 Å². The molecule has 5 heteroatoms. The van der Waals surface area contributed by atoms with Gasteiger partial charge in [0.2, 0.25) is 0 Å². The topological polar surface area (TPSA) is 43.3 Å². The fraction of sp³-hybridized carbons (Fsp3) is 0.583. The molecule has 0 spiro atoms.